The first-order valence-corrected chi connectivity index (χ1v) is 9.72. The Hall–Kier alpha value is -2.11. The average Bonchev–Trinajstić information content (AvgIpc) is 3.05. The number of nitrogens with one attached hydrogen (secondary N) is 2. The molecule has 2 heterocycles. The summed E-state index contributed by atoms with van der Waals surface area (Å²) < 4.78 is 27.5. The van der Waals surface area contributed by atoms with Gasteiger partial charge in [0.05, 0.1) is 28.7 Å². The molecule has 8 heteroatoms. The molecule has 2 aromatic rings. The van der Waals surface area contributed by atoms with E-state index in [1.807, 2.05) is 18.3 Å². The van der Waals surface area contributed by atoms with Crippen LogP contribution in [0, 0.1) is 17.2 Å². The Balaban J connectivity index is 1.69. The summed E-state index contributed by atoms with van der Waals surface area (Å²) in [5.41, 5.74) is 2.22. The number of aromatic nitrogens is 2. The second kappa shape index (κ2) is 6.79. The monoisotopic (exact) mass is 347 g/mol. The van der Waals surface area contributed by atoms with Gasteiger partial charge in [-0.1, -0.05) is 0 Å². The lowest BCUT2D eigenvalue weighted by Gasteiger charge is -2.30. The molecule has 2 aromatic heterocycles. The van der Waals surface area contributed by atoms with Gasteiger partial charge in [-0.3, -0.25) is 0 Å². The summed E-state index contributed by atoms with van der Waals surface area (Å²) in [6.07, 6.45) is 6.93. The first-order chi connectivity index (χ1) is 11.5. The SMILES string of the molecule is CNS(=O)(=O)CC1CCC(Nc2c(C#N)cnn3cccc23)CC1. The summed E-state index contributed by atoms with van der Waals surface area (Å²) in [5, 5.41) is 17.0. The summed E-state index contributed by atoms with van der Waals surface area (Å²) in [5.74, 6) is 0.388. The summed E-state index contributed by atoms with van der Waals surface area (Å²) in [6, 6.07) is 6.26. The van der Waals surface area contributed by atoms with Gasteiger partial charge >= 0.3 is 0 Å². The van der Waals surface area contributed by atoms with Gasteiger partial charge in [-0.25, -0.2) is 17.7 Å². The Labute approximate surface area is 141 Å². The van der Waals surface area contributed by atoms with Crippen LogP contribution in [0.2, 0.25) is 0 Å². The highest BCUT2D eigenvalue weighted by atomic mass is 32.2. The fourth-order valence-electron chi connectivity index (χ4n) is 3.30. The molecule has 2 N–H and O–H groups in total. The van der Waals surface area contributed by atoms with Gasteiger partial charge in [0.15, 0.2) is 0 Å². The molecule has 1 aliphatic carbocycles. The van der Waals surface area contributed by atoms with E-state index < -0.39 is 10.0 Å². The largest absolute Gasteiger partial charge is 0.379 e. The number of anilines is 1. The van der Waals surface area contributed by atoms with E-state index in [0.29, 0.717) is 5.56 Å². The summed E-state index contributed by atoms with van der Waals surface area (Å²) >= 11 is 0. The topological polar surface area (TPSA) is 99.3 Å². The lowest BCUT2D eigenvalue weighted by atomic mass is 9.87. The zero-order chi connectivity index (χ0) is 17.2. The van der Waals surface area contributed by atoms with Crippen molar-refractivity contribution in [1.29, 1.82) is 5.26 Å². The van der Waals surface area contributed by atoms with Crippen LogP contribution >= 0.6 is 0 Å². The van der Waals surface area contributed by atoms with Crippen molar-refractivity contribution in [1.82, 2.24) is 14.3 Å². The molecule has 1 fully saturated rings. The van der Waals surface area contributed by atoms with E-state index in [1.165, 1.54) is 7.05 Å². The quantitative estimate of drug-likeness (QED) is 0.858. The maximum Gasteiger partial charge on any atom is 0.211 e. The molecule has 0 aromatic carbocycles. The summed E-state index contributed by atoms with van der Waals surface area (Å²) in [6.45, 7) is 0. The van der Waals surface area contributed by atoms with E-state index >= 15 is 0 Å². The first-order valence-electron chi connectivity index (χ1n) is 8.06. The summed E-state index contributed by atoms with van der Waals surface area (Å²) in [4.78, 5) is 0. The summed E-state index contributed by atoms with van der Waals surface area (Å²) in [7, 11) is -1.70. The average molecular weight is 347 g/mol. The Morgan fingerprint density at radius 3 is 2.79 bits per heavy atom. The fraction of sp³-hybridized carbons (Fsp3) is 0.500. The number of nitrogens with zero attached hydrogens (tertiary/aromatic N) is 3. The molecule has 0 bridgehead atoms. The molecule has 0 amide bonds. The highest BCUT2D eigenvalue weighted by Crippen LogP contribution is 2.30. The molecule has 0 spiro atoms. The Kier molecular flexibility index (Phi) is 4.73. The molecule has 0 saturated heterocycles. The van der Waals surface area contributed by atoms with Crippen LogP contribution in [0.3, 0.4) is 0 Å². The molecule has 3 rings (SSSR count). The van der Waals surface area contributed by atoms with E-state index in [2.05, 4.69) is 21.2 Å². The molecule has 128 valence electrons. The second-order valence-corrected chi connectivity index (χ2v) is 8.20. The van der Waals surface area contributed by atoms with E-state index in [9.17, 15) is 13.7 Å². The number of rotatable bonds is 5. The molecule has 0 aliphatic heterocycles. The standard InChI is InChI=1S/C16H21N5O2S/c1-18-24(22,23)11-12-4-6-14(7-5-12)20-16-13(9-17)10-19-21-8-2-3-15(16)21/h2-3,8,10,12,14,18,20H,4-7,11H2,1H3. The lowest BCUT2D eigenvalue weighted by molar-refractivity contribution is 0.361. The minimum absolute atomic E-state index is 0.192. The molecule has 1 aliphatic rings. The molecule has 7 nitrogen and oxygen atoms in total. The normalized spacial score (nSPS) is 21.5. The van der Waals surface area contributed by atoms with Gasteiger partial charge in [0, 0.05) is 12.2 Å². The van der Waals surface area contributed by atoms with Crippen LogP contribution in [0.15, 0.2) is 24.5 Å². The van der Waals surface area contributed by atoms with E-state index in [-0.39, 0.29) is 17.7 Å². The predicted molar refractivity (Wildman–Crippen MR) is 92.1 cm³/mol. The molecular formula is C16H21N5O2S. The van der Waals surface area contributed by atoms with Crippen molar-refractivity contribution in [3.8, 4) is 6.07 Å². The highest BCUT2D eigenvalue weighted by molar-refractivity contribution is 7.89. The van der Waals surface area contributed by atoms with Gasteiger partial charge < -0.3 is 5.32 Å². The zero-order valence-electron chi connectivity index (χ0n) is 13.6. The van der Waals surface area contributed by atoms with Crippen molar-refractivity contribution in [2.24, 2.45) is 5.92 Å². The third-order valence-corrected chi connectivity index (χ3v) is 6.18. The number of hydrogen-bond acceptors (Lipinski definition) is 5. The third-order valence-electron chi connectivity index (χ3n) is 4.65. The number of fused-ring (bicyclic) bond motifs is 1. The lowest BCUT2D eigenvalue weighted by Crippen LogP contribution is -2.32. The van der Waals surface area contributed by atoms with Gasteiger partial charge in [-0.15, -0.1) is 0 Å². The van der Waals surface area contributed by atoms with E-state index in [0.717, 1.165) is 36.9 Å². The molecular weight excluding hydrogens is 326 g/mol. The zero-order valence-corrected chi connectivity index (χ0v) is 14.4. The van der Waals surface area contributed by atoms with Gasteiger partial charge in [0.1, 0.15) is 6.07 Å². The maximum atomic E-state index is 11.7. The van der Waals surface area contributed by atoms with Crippen LogP contribution in [0.5, 0.6) is 0 Å². The van der Waals surface area contributed by atoms with Gasteiger partial charge in [-0.2, -0.15) is 10.4 Å². The van der Waals surface area contributed by atoms with E-state index in [1.54, 1.807) is 10.7 Å². The van der Waals surface area contributed by atoms with Crippen molar-refractivity contribution in [3.63, 3.8) is 0 Å². The number of nitriles is 1. The Morgan fingerprint density at radius 1 is 1.38 bits per heavy atom. The van der Waals surface area contributed by atoms with Crippen molar-refractivity contribution in [2.75, 3.05) is 18.1 Å². The maximum absolute atomic E-state index is 11.7. The number of hydrogen-bond donors (Lipinski definition) is 2. The van der Waals surface area contributed by atoms with Crippen molar-refractivity contribution in [3.05, 3.63) is 30.1 Å². The minimum Gasteiger partial charge on any atom is -0.379 e. The second-order valence-electron chi connectivity index (χ2n) is 6.23. The van der Waals surface area contributed by atoms with Gasteiger partial charge in [-0.05, 0) is 50.8 Å². The minimum atomic E-state index is -3.15. The van der Waals surface area contributed by atoms with Crippen LogP contribution in [0.4, 0.5) is 5.69 Å². The molecule has 0 radical (unpaired) electrons. The third kappa shape index (κ3) is 3.52. The molecule has 0 atom stereocenters. The van der Waals surface area contributed by atoms with Gasteiger partial charge in [0.2, 0.25) is 10.0 Å². The smallest absolute Gasteiger partial charge is 0.211 e. The van der Waals surface area contributed by atoms with Crippen molar-refractivity contribution < 1.29 is 8.42 Å². The van der Waals surface area contributed by atoms with E-state index in [4.69, 9.17) is 0 Å². The molecule has 1 saturated carbocycles. The molecule has 24 heavy (non-hydrogen) atoms. The van der Waals surface area contributed by atoms with Crippen molar-refractivity contribution in [2.45, 2.75) is 31.7 Å². The Morgan fingerprint density at radius 2 is 2.12 bits per heavy atom. The van der Waals surface area contributed by atoms with Gasteiger partial charge in [0.25, 0.3) is 0 Å². The predicted octanol–water partition coefficient (Wildman–Crippen LogP) is 1.73. The first kappa shape index (κ1) is 16.7. The fourth-order valence-corrected chi connectivity index (χ4v) is 4.42. The number of sulfonamides is 1. The van der Waals surface area contributed by atoms with Crippen LogP contribution < -0.4 is 10.0 Å². The van der Waals surface area contributed by atoms with Crippen LogP contribution in [-0.4, -0.2) is 36.9 Å². The van der Waals surface area contributed by atoms with Crippen LogP contribution in [0.25, 0.3) is 5.52 Å². The highest BCUT2D eigenvalue weighted by Gasteiger charge is 2.25. The van der Waals surface area contributed by atoms with Crippen LogP contribution in [-0.2, 0) is 10.0 Å². The van der Waals surface area contributed by atoms with Crippen molar-refractivity contribution >= 4 is 21.2 Å². The molecule has 0 unspecified atom stereocenters. The Bertz CT molecular complexity index is 860. The van der Waals surface area contributed by atoms with Crippen LogP contribution in [0.1, 0.15) is 31.2 Å².